The van der Waals surface area contributed by atoms with E-state index in [0.29, 0.717) is 12.0 Å². The lowest BCUT2D eigenvalue weighted by molar-refractivity contribution is 0.0258. The molecule has 0 aromatic rings. The summed E-state index contributed by atoms with van der Waals surface area (Å²) in [6, 6.07) is 0.458. The summed E-state index contributed by atoms with van der Waals surface area (Å²) >= 11 is 0. The Morgan fingerprint density at radius 1 is 1.23 bits per heavy atom. The van der Waals surface area contributed by atoms with Crippen LogP contribution in [0.5, 0.6) is 0 Å². The third kappa shape index (κ3) is 1.56. The molecule has 0 amide bonds. The van der Waals surface area contributed by atoms with E-state index >= 15 is 0 Å². The van der Waals surface area contributed by atoms with Crippen molar-refractivity contribution in [2.24, 2.45) is 17.1 Å². The molecule has 1 aliphatic carbocycles. The van der Waals surface area contributed by atoms with Crippen LogP contribution in [0.3, 0.4) is 0 Å². The first-order valence-electron chi connectivity index (χ1n) is 5.43. The predicted molar refractivity (Wildman–Crippen MR) is 52.0 cm³/mol. The topological polar surface area (TPSA) is 32.7 Å². The number of nitroso groups, excluding NO2 is 1. The van der Waals surface area contributed by atoms with E-state index in [1.807, 2.05) is 0 Å². The molecule has 1 aliphatic heterocycles. The van der Waals surface area contributed by atoms with Crippen LogP contribution in [0.1, 0.15) is 39.0 Å². The lowest BCUT2D eigenvalue weighted by Crippen LogP contribution is -2.47. The number of hydrogen-bond acceptors (Lipinski definition) is 2. The van der Waals surface area contributed by atoms with Crippen LogP contribution in [-0.4, -0.2) is 17.6 Å². The highest BCUT2D eigenvalue weighted by molar-refractivity contribution is 4.89. The van der Waals surface area contributed by atoms with Crippen LogP contribution in [0, 0.1) is 16.7 Å². The molecule has 0 N–H and O–H groups in total. The van der Waals surface area contributed by atoms with Crippen molar-refractivity contribution in [2.75, 3.05) is 6.54 Å². The third-order valence-electron chi connectivity index (χ3n) is 3.71. The summed E-state index contributed by atoms with van der Waals surface area (Å²) in [6.07, 6.45) is 6.38. The smallest absolute Gasteiger partial charge is 0.0556 e. The Bertz CT molecular complexity index is 193. The molecule has 3 atom stereocenters. The monoisotopic (exact) mass is 182 g/mol. The van der Waals surface area contributed by atoms with Crippen LogP contribution >= 0.6 is 0 Å². The first kappa shape index (κ1) is 8.97. The Morgan fingerprint density at radius 2 is 2.00 bits per heavy atom. The summed E-state index contributed by atoms with van der Waals surface area (Å²) < 4.78 is 0. The highest BCUT2D eigenvalue weighted by atomic mass is 16.3. The van der Waals surface area contributed by atoms with Crippen molar-refractivity contribution in [2.45, 2.75) is 45.1 Å². The van der Waals surface area contributed by atoms with Crippen molar-refractivity contribution < 1.29 is 0 Å². The fraction of sp³-hybridized carbons (Fsp3) is 1.00. The maximum atomic E-state index is 10.6. The van der Waals surface area contributed by atoms with E-state index in [1.165, 1.54) is 25.7 Å². The van der Waals surface area contributed by atoms with Gasteiger partial charge in [0.2, 0.25) is 0 Å². The molecule has 0 aromatic carbocycles. The van der Waals surface area contributed by atoms with Gasteiger partial charge in [-0.15, -0.1) is 4.91 Å². The van der Waals surface area contributed by atoms with Gasteiger partial charge in [-0.3, -0.25) is 5.01 Å². The number of fused-ring (bicyclic) bond motifs is 1. The van der Waals surface area contributed by atoms with Crippen LogP contribution in [0.2, 0.25) is 0 Å². The van der Waals surface area contributed by atoms with Crippen molar-refractivity contribution in [3.8, 4) is 0 Å². The molecule has 0 aromatic heterocycles. The highest BCUT2D eigenvalue weighted by Gasteiger charge is 2.37. The van der Waals surface area contributed by atoms with E-state index in [4.69, 9.17) is 0 Å². The van der Waals surface area contributed by atoms with Gasteiger partial charge in [0.05, 0.1) is 11.3 Å². The molecular weight excluding hydrogens is 164 g/mol. The van der Waals surface area contributed by atoms with Crippen molar-refractivity contribution >= 4 is 0 Å². The molecule has 2 fully saturated rings. The van der Waals surface area contributed by atoms with E-state index in [2.05, 4.69) is 12.2 Å². The minimum absolute atomic E-state index is 0.458. The van der Waals surface area contributed by atoms with Crippen LogP contribution < -0.4 is 0 Å². The highest BCUT2D eigenvalue weighted by Crippen LogP contribution is 2.38. The molecule has 74 valence electrons. The Morgan fingerprint density at radius 3 is 2.77 bits per heavy atom. The molecule has 2 rings (SSSR count). The molecule has 1 saturated carbocycles. The van der Waals surface area contributed by atoms with Gasteiger partial charge in [-0.25, -0.2) is 0 Å². The van der Waals surface area contributed by atoms with E-state index in [1.54, 1.807) is 5.01 Å². The van der Waals surface area contributed by atoms with Gasteiger partial charge in [-0.2, -0.15) is 0 Å². The molecule has 13 heavy (non-hydrogen) atoms. The van der Waals surface area contributed by atoms with Gasteiger partial charge < -0.3 is 0 Å². The van der Waals surface area contributed by atoms with Crippen LogP contribution in [0.15, 0.2) is 5.29 Å². The molecule has 3 nitrogen and oxygen atoms in total. The van der Waals surface area contributed by atoms with E-state index in [0.717, 1.165) is 18.9 Å². The first-order valence-corrected chi connectivity index (χ1v) is 5.43. The average Bonchev–Trinajstić information content (AvgIpc) is 2.17. The van der Waals surface area contributed by atoms with Gasteiger partial charge in [0.25, 0.3) is 0 Å². The van der Waals surface area contributed by atoms with Gasteiger partial charge in [0.1, 0.15) is 0 Å². The predicted octanol–water partition coefficient (Wildman–Crippen LogP) is 2.57. The molecule has 1 saturated heterocycles. The molecule has 0 bridgehead atoms. The van der Waals surface area contributed by atoms with Gasteiger partial charge in [0, 0.05) is 6.54 Å². The van der Waals surface area contributed by atoms with E-state index in [-0.39, 0.29) is 0 Å². The zero-order valence-electron chi connectivity index (χ0n) is 8.28. The minimum Gasteiger partial charge on any atom is -0.257 e. The number of piperidine rings is 1. The maximum absolute atomic E-state index is 10.6. The molecule has 0 spiro atoms. The summed E-state index contributed by atoms with van der Waals surface area (Å²) in [5.74, 6) is 1.41. The number of rotatable bonds is 1. The second-order valence-corrected chi connectivity index (χ2v) is 4.55. The zero-order valence-corrected chi connectivity index (χ0v) is 8.28. The Labute approximate surface area is 79.4 Å². The standard InChI is InChI=1S/C10H18N2O/c1-8-4-2-5-9-6-3-7-12(11-13)10(8)9/h8-10H,2-7H2,1H3/t8-,9+,10-/m1/s1. The SMILES string of the molecule is C[C@@H]1CCC[C@H]2CCCN(N=O)[C@@H]21. The summed E-state index contributed by atoms with van der Waals surface area (Å²) in [5, 5.41) is 4.97. The molecule has 3 heteroatoms. The van der Waals surface area contributed by atoms with Crippen molar-refractivity contribution in [3.05, 3.63) is 4.91 Å². The van der Waals surface area contributed by atoms with Gasteiger partial charge in [0.15, 0.2) is 0 Å². The van der Waals surface area contributed by atoms with E-state index in [9.17, 15) is 4.91 Å². The zero-order chi connectivity index (χ0) is 9.26. The van der Waals surface area contributed by atoms with Gasteiger partial charge in [-0.1, -0.05) is 13.3 Å². The van der Waals surface area contributed by atoms with E-state index < -0.39 is 0 Å². The lowest BCUT2D eigenvalue weighted by Gasteiger charge is -2.44. The third-order valence-corrected chi connectivity index (χ3v) is 3.71. The molecule has 0 radical (unpaired) electrons. The second-order valence-electron chi connectivity index (χ2n) is 4.55. The second kappa shape index (κ2) is 3.64. The fourth-order valence-electron chi connectivity index (χ4n) is 3.12. The fourth-order valence-corrected chi connectivity index (χ4v) is 3.12. The largest absolute Gasteiger partial charge is 0.257 e. The maximum Gasteiger partial charge on any atom is 0.0556 e. The minimum atomic E-state index is 0.458. The molecule has 0 unspecified atom stereocenters. The Balaban J connectivity index is 2.11. The van der Waals surface area contributed by atoms with Crippen LogP contribution in [0.4, 0.5) is 0 Å². The lowest BCUT2D eigenvalue weighted by atomic mass is 9.73. The molecule has 2 aliphatic rings. The normalized spacial score (nSPS) is 39.8. The van der Waals surface area contributed by atoms with Crippen molar-refractivity contribution in [1.29, 1.82) is 0 Å². The van der Waals surface area contributed by atoms with Gasteiger partial charge in [-0.05, 0) is 37.5 Å². The summed E-state index contributed by atoms with van der Waals surface area (Å²) in [5.41, 5.74) is 0. The van der Waals surface area contributed by atoms with Crippen LogP contribution in [0.25, 0.3) is 0 Å². The summed E-state index contributed by atoms with van der Waals surface area (Å²) in [7, 11) is 0. The summed E-state index contributed by atoms with van der Waals surface area (Å²) in [4.78, 5) is 10.6. The average molecular weight is 182 g/mol. The molecule has 1 heterocycles. The summed E-state index contributed by atoms with van der Waals surface area (Å²) in [6.45, 7) is 3.15. The Kier molecular flexibility index (Phi) is 2.51. The number of hydrogen-bond donors (Lipinski definition) is 0. The van der Waals surface area contributed by atoms with Crippen molar-refractivity contribution in [3.63, 3.8) is 0 Å². The molecular formula is C10H18N2O. The van der Waals surface area contributed by atoms with Crippen molar-refractivity contribution in [1.82, 2.24) is 5.01 Å². The van der Waals surface area contributed by atoms with Gasteiger partial charge >= 0.3 is 0 Å². The van der Waals surface area contributed by atoms with Crippen LogP contribution in [-0.2, 0) is 0 Å². The number of nitrogens with zero attached hydrogens (tertiary/aromatic N) is 2. The Hall–Kier alpha value is -0.600. The quantitative estimate of drug-likeness (QED) is 0.584. The first-order chi connectivity index (χ1) is 6.33.